The van der Waals surface area contributed by atoms with Gasteiger partial charge in [0.25, 0.3) is 5.69 Å². The largest absolute Gasteiger partial charge is 0.384 e. The molecule has 90 valence electrons. The molecule has 0 unspecified atom stereocenters. The quantitative estimate of drug-likeness (QED) is 0.365. The number of nitrogens with one attached hydrogen (secondary N) is 1. The fraction of sp³-hybridized carbons (Fsp3) is 0.333. The average molecular weight is 253 g/mol. The molecule has 0 aliphatic heterocycles. The van der Waals surface area contributed by atoms with Gasteiger partial charge in [0.2, 0.25) is 0 Å². The second kappa shape index (κ2) is 6.77. The molecule has 0 bridgehead atoms. The zero-order valence-electron chi connectivity index (χ0n) is 9.28. The number of nitro benzene ring substituents is 1. The van der Waals surface area contributed by atoms with Crippen molar-refractivity contribution in [1.29, 1.82) is 0 Å². The highest BCUT2D eigenvalue weighted by Gasteiger charge is 2.08. The summed E-state index contributed by atoms with van der Waals surface area (Å²) in [4.78, 5) is 10.0. The van der Waals surface area contributed by atoms with E-state index in [-0.39, 0.29) is 5.69 Å². The summed E-state index contributed by atoms with van der Waals surface area (Å²) in [7, 11) is 0. The molecule has 0 radical (unpaired) electrons. The van der Waals surface area contributed by atoms with Crippen molar-refractivity contribution in [3.63, 3.8) is 0 Å². The molecule has 0 fully saturated rings. The Morgan fingerprint density at radius 1 is 1.47 bits per heavy atom. The lowest BCUT2D eigenvalue weighted by Gasteiger charge is -2.07. The maximum atomic E-state index is 10.5. The highest BCUT2D eigenvalue weighted by atomic mass is 35.5. The summed E-state index contributed by atoms with van der Waals surface area (Å²) in [6.45, 7) is 0.749. The molecule has 0 saturated carbocycles. The Morgan fingerprint density at radius 3 is 2.82 bits per heavy atom. The van der Waals surface area contributed by atoms with E-state index in [0.717, 1.165) is 25.8 Å². The summed E-state index contributed by atoms with van der Waals surface area (Å²) in [6.07, 6.45) is 7.79. The van der Waals surface area contributed by atoms with Gasteiger partial charge < -0.3 is 5.32 Å². The molecule has 1 aromatic carbocycles. The summed E-state index contributed by atoms with van der Waals surface area (Å²) in [6, 6.07) is 4.38. The number of hydrogen-bond acceptors (Lipinski definition) is 3. The van der Waals surface area contributed by atoms with E-state index >= 15 is 0 Å². The van der Waals surface area contributed by atoms with Crippen LogP contribution in [-0.4, -0.2) is 11.5 Å². The first-order valence-electron chi connectivity index (χ1n) is 5.26. The normalized spacial score (nSPS) is 9.65. The maximum Gasteiger partial charge on any atom is 0.271 e. The number of hydrogen-bond donors (Lipinski definition) is 1. The van der Waals surface area contributed by atoms with Crippen LogP contribution in [0.2, 0.25) is 5.02 Å². The van der Waals surface area contributed by atoms with Crippen LogP contribution in [0.15, 0.2) is 18.2 Å². The van der Waals surface area contributed by atoms with Gasteiger partial charge in [-0.15, -0.1) is 12.3 Å². The van der Waals surface area contributed by atoms with E-state index in [9.17, 15) is 10.1 Å². The molecule has 0 spiro atoms. The smallest absolute Gasteiger partial charge is 0.271 e. The van der Waals surface area contributed by atoms with Gasteiger partial charge in [0, 0.05) is 25.1 Å². The number of nitro groups is 1. The van der Waals surface area contributed by atoms with Crippen molar-refractivity contribution in [3.8, 4) is 12.3 Å². The summed E-state index contributed by atoms with van der Waals surface area (Å²) < 4.78 is 0. The van der Waals surface area contributed by atoms with Crippen molar-refractivity contribution >= 4 is 23.0 Å². The minimum atomic E-state index is -0.470. The molecule has 0 atom stereocenters. The molecular weight excluding hydrogens is 240 g/mol. The molecule has 0 heterocycles. The van der Waals surface area contributed by atoms with Crippen LogP contribution >= 0.6 is 11.6 Å². The van der Waals surface area contributed by atoms with E-state index in [1.165, 1.54) is 12.1 Å². The minimum absolute atomic E-state index is 0.00659. The van der Waals surface area contributed by atoms with Gasteiger partial charge in [-0.3, -0.25) is 10.1 Å². The third kappa shape index (κ3) is 4.33. The second-order valence-electron chi connectivity index (χ2n) is 3.51. The van der Waals surface area contributed by atoms with E-state index < -0.39 is 4.92 Å². The number of unbranched alkanes of at least 4 members (excludes halogenated alkanes) is 2. The molecule has 0 aromatic heterocycles. The molecule has 0 saturated heterocycles. The van der Waals surface area contributed by atoms with Crippen molar-refractivity contribution in [1.82, 2.24) is 0 Å². The zero-order chi connectivity index (χ0) is 12.7. The van der Waals surface area contributed by atoms with Gasteiger partial charge in [-0.05, 0) is 18.9 Å². The first kappa shape index (κ1) is 13.3. The van der Waals surface area contributed by atoms with Crippen LogP contribution < -0.4 is 5.32 Å². The van der Waals surface area contributed by atoms with Crippen molar-refractivity contribution in [2.75, 3.05) is 11.9 Å². The van der Waals surface area contributed by atoms with E-state index in [2.05, 4.69) is 11.2 Å². The van der Waals surface area contributed by atoms with Crippen LogP contribution in [-0.2, 0) is 0 Å². The summed E-state index contributed by atoms with van der Waals surface area (Å²) in [5.41, 5.74) is 0.700. The van der Waals surface area contributed by atoms with Gasteiger partial charge in [0.15, 0.2) is 0 Å². The van der Waals surface area contributed by atoms with Crippen LogP contribution in [0.25, 0.3) is 0 Å². The van der Waals surface area contributed by atoms with E-state index in [1.807, 2.05) is 0 Å². The monoisotopic (exact) mass is 252 g/mol. The highest BCUT2D eigenvalue weighted by molar-refractivity contribution is 6.33. The Labute approximate surface area is 105 Å². The van der Waals surface area contributed by atoms with Gasteiger partial charge in [-0.1, -0.05) is 11.6 Å². The maximum absolute atomic E-state index is 10.5. The zero-order valence-corrected chi connectivity index (χ0v) is 10.0. The van der Waals surface area contributed by atoms with Crippen LogP contribution in [0, 0.1) is 22.5 Å². The standard InChI is InChI=1S/C12H13ClN2O2/c1-2-3-4-5-8-14-12-7-6-10(15(16)17)9-11(12)13/h1,6-7,9,14H,3-5,8H2. The first-order valence-corrected chi connectivity index (χ1v) is 5.64. The van der Waals surface area contributed by atoms with Crippen LogP contribution in [0.1, 0.15) is 19.3 Å². The lowest BCUT2D eigenvalue weighted by Crippen LogP contribution is -2.02. The van der Waals surface area contributed by atoms with Crippen molar-refractivity contribution in [3.05, 3.63) is 33.3 Å². The Bertz CT molecular complexity index is 441. The topological polar surface area (TPSA) is 55.2 Å². The summed E-state index contributed by atoms with van der Waals surface area (Å²) in [5.74, 6) is 2.57. The molecule has 5 heteroatoms. The Morgan fingerprint density at radius 2 is 2.24 bits per heavy atom. The van der Waals surface area contributed by atoms with Gasteiger partial charge in [-0.25, -0.2) is 0 Å². The lowest BCUT2D eigenvalue weighted by atomic mass is 10.2. The molecule has 1 aromatic rings. The molecule has 4 nitrogen and oxygen atoms in total. The van der Waals surface area contributed by atoms with Crippen LogP contribution in [0.5, 0.6) is 0 Å². The fourth-order valence-corrected chi connectivity index (χ4v) is 1.58. The number of non-ortho nitro benzene ring substituents is 1. The average Bonchev–Trinajstić information content (AvgIpc) is 2.30. The number of nitrogens with zero attached hydrogens (tertiary/aromatic N) is 1. The third-order valence-corrected chi connectivity index (χ3v) is 2.54. The first-order chi connectivity index (χ1) is 8.15. The summed E-state index contributed by atoms with van der Waals surface area (Å²) >= 11 is 5.91. The van der Waals surface area contributed by atoms with Crippen LogP contribution in [0.3, 0.4) is 0 Å². The molecule has 0 aliphatic carbocycles. The summed E-state index contributed by atoms with van der Waals surface area (Å²) in [5, 5.41) is 14.0. The Hall–Kier alpha value is -1.73. The Kier molecular flexibility index (Phi) is 5.31. The number of halogens is 1. The van der Waals surface area contributed by atoms with Crippen molar-refractivity contribution < 1.29 is 4.92 Å². The highest BCUT2D eigenvalue weighted by Crippen LogP contribution is 2.26. The number of terminal acetylenes is 1. The molecule has 17 heavy (non-hydrogen) atoms. The molecule has 1 N–H and O–H groups in total. The van der Waals surface area contributed by atoms with Gasteiger partial charge in [0.1, 0.15) is 0 Å². The molecular formula is C12H13ClN2O2. The van der Waals surface area contributed by atoms with Crippen LogP contribution in [0.4, 0.5) is 11.4 Å². The van der Waals surface area contributed by atoms with E-state index in [0.29, 0.717) is 10.7 Å². The van der Waals surface area contributed by atoms with Crippen molar-refractivity contribution in [2.45, 2.75) is 19.3 Å². The van der Waals surface area contributed by atoms with Gasteiger partial charge in [0.05, 0.1) is 15.6 Å². The predicted octanol–water partition coefficient (Wildman–Crippen LogP) is 3.46. The number of rotatable bonds is 6. The lowest BCUT2D eigenvalue weighted by molar-refractivity contribution is -0.384. The molecule has 0 aliphatic rings. The SMILES string of the molecule is C#CCCCCNc1ccc([N+](=O)[O-])cc1Cl. The third-order valence-electron chi connectivity index (χ3n) is 2.23. The van der Waals surface area contributed by atoms with Gasteiger partial charge >= 0.3 is 0 Å². The van der Waals surface area contributed by atoms with E-state index in [1.54, 1.807) is 6.07 Å². The Balaban J connectivity index is 2.50. The van der Waals surface area contributed by atoms with Crippen molar-refractivity contribution in [2.24, 2.45) is 0 Å². The fourth-order valence-electron chi connectivity index (χ4n) is 1.34. The second-order valence-corrected chi connectivity index (χ2v) is 3.92. The molecule has 1 rings (SSSR count). The van der Waals surface area contributed by atoms with E-state index in [4.69, 9.17) is 18.0 Å². The minimum Gasteiger partial charge on any atom is -0.384 e. The number of benzene rings is 1. The van der Waals surface area contributed by atoms with Gasteiger partial charge in [-0.2, -0.15) is 0 Å². The predicted molar refractivity (Wildman–Crippen MR) is 69.3 cm³/mol. The number of anilines is 1. The molecule has 0 amide bonds.